The van der Waals surface area contributed by atoms with Crippen molar-refractivity contribution < 1.29 is 19.0 Å². The molecule has 0 aliphatic carbocycles. The molecule has 7 nitrogen and oxygen atoms in total. The van der Waals surface area contributed by atoms with Crippen molar-refractivity contribution in [3.8, 4) is 11.5 Å². The summed E-state index contributed by atoms with van der Waals surface area (Å²) >= 11 is 1.28. The molecule has 0 saturated carbocycles. The highest BCUT2D eigenvalue weighted by Gasteiger charge is 2.30. The van der Waals surface area contributed by atoms with E-state index in [1.807, 2.05) is 60.7 Å². The Balaban J connectivity index is 1.64. The number of benzene rings is 2. The number of carbonyl (C=O) groups excluding carboxylic acids is 1. The average molecular weight is 461 g/mol. The SMILES string of the molecule is COC(=O)C1=C(C)N=c2s/c(=C/c3ccc4c(c3)OCO4)c(=O)n2C1/C=C/c1ccccc1. The summed E-state index contributed by atoms with van der Waals surface area (Å²) < 4.78 is 17.8. The molecular weight excluding hydrogens is 440 g/mol. The Kier molecular flexibility index (Phi) is 5.43. The van der Waals surface area contributed by atoms with Crippen LogP contribution >= 0.6 is 11.3 Å². The van der Waals surface area contributed by atoms with Crippen LogP contribution in [-0.4, -0.2) is 24.4 Å². The maximum absolute atomic E-state index is 13.5. The molecule has 8 heteroatoms. The minimum absolute atomic E-state index is 0.185. The van der Waals surface area contributed by atoms with Crippen molar-refractivity contribution in [2.24, 2.45) is 4.99 Å². The van der Waals surface area contributed by atoms with Crippen molar-refractivity contribution in [2.45, 2.75) is 13.0 Å². The van der Waals surface area contributed by atoms with E-state index in [2.05, 4.69) is 4.99 Å². The predicted molar refractivity (Wildman–Crippen MR) is 125 cm³/mol. The lowest BCUT2D eigenvalue weighted by Crippen LogP contribution is -2.38. The lowest BCUT2D eigenvalue weighted by atomic mass is 10.0. The first kappa shape index (κ1) is 21.0. The fourth-order valence-corrected chi connectivity index (χ4v) is 4.89. The molecule has 3 heterocycles. The van der Waals surface area contributed by atoms with Crippen LogP contribution in [0, 0.1) is 0 Å². The van der Waals surface area contributed by atoms with E-state index >= 15 is 0 Å². The van der Waals surface area contributed by atoms with Crippen LogP contribution in [0.5, 0.6) is 11.5 Å². The van der Waals surface area contributed by atoms with Crippen LogP contribution in [0.3, 0.4) is 0 Å². The van der Waals surface area contributed by atoms with Crippen LogP contribution in [0.15, 0.2) is 75.7 Å². The fourth-order valence-electron chi connectivity index (χ4n) is 3.84. The molecule has 2 aliphatic rings. The van der Waals surface area contributed by atoms with E-state index in [9.17, 15) is 9.59 Å². The van der Waals surface area contributed by atoms with Gasteiger partial charge in [-0.15, -0.1) is 0 Å². The van der Waals surface area contributed by atoms with Crippen molar-refractivity contribution in [1.29, 1.82) is 0 Å². The number of fused-ring (bicyclic) bond motifs is 2. The smallest absolute Gasteiger partial charge is 0.338 e. The van der Waals surface area contributed by atoms with Crippen LogP contribution in [0.25, 0.3) is 12.2 Å². The van der Waals surface area contributed by atoms with Gasteiger partial charge in [0.15, 0.2) is 16.3 Å². The molecule has 0 radical (unpaired) electrons. The van der Waals surface area contributed by atoms with Crippen molar-refractivity contribution in [2.75, 3.05) is 13.9 Å². The topological polar surface area (TPSA) is 79.1 Å². The van der Waals surface area contributed by atoms with Gasteiger partial charge in [-0.2, -0.15) is 0 Å². The second kappa shape index (κ2) is 8.55. The van der Waals surface area contributed by atoms with Gasteiger partial charge in [-0.25, -0.2) is 9.79 Å². The minimum atomic E-state index is -0.632. The molecule has 0 fully saturated rings. The highest BCUT2D eigenvalue weighted by atomic mass is 32.1. The summed E-state index contributed by atoms with van der Waals surface area (Å²) in [6.07, 6.45) is 5.52. The lowest BCUT2D eigenvalue weighted by molar-refractivity contribution is -0.136. The van der Waals surface area contributed by atoms with Crippen LogP contribution in [-0.2, 0) is 9.53 Å². The Morgan fingerprint density at radius 1 is 1.15 bits per heavy atom. The highest BCUT2D eigenvalue weighted by molar-refractivity contribution is 7.07. The number of carbonyl (C=O) groups is 1. The van der Waals surface area contributed by atoms with Gasteiger partial charge in [0.05, 0.1) is 29.0 Å². The highest BCUT2D eigenvalue weighted by Crippen LogP contribution is 2.32. The molecule has 0 bridgehead atoms. The molecule has 1 aromatic heterocycles. The second-order valence-corrected chi connectivity index (χ2v) is 8.51. The number of ether oxygens (including phenoxy) is 3. The first-order valence-electron chi connectivity index (χ1n) is 10.3. The normalized spacial score (nSPS) is 17.3. The molecule has 5 rings (SSSR count). The van der Waals surface area contributed by atoms with E-state index in [1.54, 1.807) is 17.6 Å². The molecule has 0 spiro atoms. The Morgan fingerprint density at radius 2 is 1.94 bits per heavy atom. The summed E-state index contributed by atoms with van der Waals surface area (Å²) in [5.74, 6) is 0.811. The number of aromatic nitrogens is 1. The largest absolute Gasteiger partial charge is 0.466 e. The van der Waals surface area contributed by atoms with Crippen LogP contribution in [0.4, 0.5) is 0 Å². The zero-order valence-electron chi connectivity index (χ0n) is 18.0. The van der Waals surface area contributed by atoms with Gasteiger partial charge in [-0.3, -0.25) is 9.36 Å². The molecule has 33 heavy (non-hydrogen) atoms. The van der Waals surface area contributed by atoms with Gasteiger partial charge in [0.25, 0.3) is 5.56 Å². The van der Waals surface area contributed by atoms with Crippen LogP contribution in [0.1, 0.15) is 24.1 Å². The van der Waals surface area contributed by atoms with E-state index in [1.165, 1.54) is 18.4 Å². The quantitative estimate of drug-likeness (QED) is 0.560. The third kappa shape index (κ3) is 3.89. The second-order valence-electron chi connectivity index (χ2n) is 7.50. The molecule has 0 saturated heterocycles. The molecule has 0 N–H and O–H groups in total. The number of nitrogens with zero attached hydrogens (tertiary/aromatic N) is 2. The van der Waals surface area contributed by atoms with Gasteiger partial charge in [0, 0.05) is 0 Å². The molecule has 0 amide bonds. The Labute approximate surface area is 193 Å². The zero-order chi connectivity index (χ0) is 22.9. The summed E-state index contributed by atoms with van der Waals surface area (Å²) in [5.41, 5.74) is 2.41. The van der Waals surface area contributed by atoms with Gasteiger partial charge >= 0.3 is 5.97 Å². The van der Waals surface area contributed by atoms with E-state index < -0.39 is 12.0 Å². The number of esters is 1. The van der Waals surface area contributed by atoms with Gasteiger partial charge in [0.1, 0.15) is 0 Å². The van der Waals surface area contributed by atoms with E-state index in [4.69, 9.17) is 14.2 Å². The van der Waals surface area contributed by atoms with Crippen molar-refractivity contribution in [3.63, 3.8) is 0 Å². The first-order valence-corrected chi connectivity index (χ1v) is 11.1. The third-order valence-corrected chi connectivity index (χ3v) is 6.42. The van der Waals surface area contributed by atoms with Crippen molar-refractivity contribution in [1.82, 2.24) is 4.57 Å². The summed E-state index contributed by atoms with van der Waals surface area (Å²) in [6, 6.07) is 14.6. The third-order valence-electron chi connectivity index (χ3n) is 5.43. The van der Waals surface area contributed by atoms with Crippen LogP contribution in [0.2, 0.25) is 0 Å². The maximum atomic E-state index is 13.5. The van der Waals surface area contributed by atoms with E-state index in [0.29, 0.717) is 32.1 Å². The summed E-state index contributed by atoms with van der Waals surface area (Å²) in [7, 11) is 1.32. The zero-order valence-corrected chi connectivity index (χ0v) is 18.8. The molecule has 1 unspecified atom stereocenters. The number of methoxy groups -OCH3 is 1. The Morgan fingerprint density at radius 3 is 2.73 bits per heavy atom. The average Bonchev–Trinajstić information content (AvgIpc) is 3.41. The van der Waals surface area contributed by atoms with E-state index in [-0.39, 0.29) is 12.4 Å². The van der Waals surface area contributed by atoms with Crippen molar-refractivity contribution >= 4 is 29.5 Å². The molecule has 166 valence electrons. The first-order chi connectivity index (χ1) is 16.0. The minimum Gasteiger partial charge on any atom is -0.466 e. The monoisotopic (exact) mass is 460 g/mol. The number of thiazole rings is 1. The fraction of sp³-hybridized carbons (Fsp3) is 0.160. The lowest BCUT2D eigenvalue weighted by Gasteiger charge is -2.21. The molecule has 3 aromatic rings. The number of hydrogen-bond acceptors (Lipinski definition) is 7. The molecule has 2 aliphatic heterocycles. The maximum Gasteiger partial charge on any atom is 0.338 e. The molecule has 1 atom stereocenters. The summed E-state index contributed by atoms with van der Waals surface area (Å²) in [5, 5.41) is 0. The van der Waals surface area contributed by atoms with Crippen molar-refractivity contribution in [3.05, 3.63) is 96.7 Å². The van der Waals surface area contributed by atoms with Gasteiger partial charge in [0.2, 0.25) is 6.79 Å². The number of allylic oxidation sites excluding steroid dienone is 2. The Bertz CT molecular complexity index is 1480. The number of hydrogen-bond donors (Lipinski definition) is 0. The predicted octanol–water partition coefficient (Wildman–Crippen LogP) is 2.80. The number of rotatable bonds is 4. The molecular formula is C25H20N2O5S. The Hall–Kier alpha value is -3.91. The van der Waals surface area contributed by atoms with Gasteiger partial charge in [-0.1, -0.05) is 59.9 Å². The standard InChI is InChI=1S/C25H20N2O5S/c1-15-22(24(29)30-2)18(10-8-16-6-4-3-5-7-16)27-23(28)21(33-25(27)26-15)13-17-9-11-19-20(12-17)32-14-31-19/h3-13,18H,14H2,1-2H3/b10-8+,21-13+. The van der Waals surface area contributed by atoms with Gasteiger partial charge < -0.3 is 14.2 Å². The molecule has 2 aromatic carbocycles. The van der Waals surface area contributed by atoms with E-state index in [0.717, 1.165) is 11.1 Å². The van der Waals surface area contributed by atoms with Crippen LogP contribution < -0.4 is 24.4 Å². The summed E-state index contributed by atoms with van der Waals surface area (Å²) in [4.78, 5) is 31.1. The summed E-state index contributed by atoms with van der Waals surface area (Å²) in [6.45, 7) is 1.94. The van der Waals surface area contributed by atoms with Gasteiger partial charge in [-0.05, 0) is 36.3 Å².